The Balaban J connectivity index is 0.000000256. The average molecular weight is 1510 g/mol. The van der Waals surface area contributed by atoms with E-state index in [1.165, 1.54) is 73.4 Å². The molecule has 2 amide bonds. The number of nitrogens with zero attached hydrogens (tertiary/aromatic N) is 6. The molecular weight excluding hydrogens is 1410 g/mol. The van der Waals surface area contributed by atoms with Crippen LogP contribution in [0, 0.1) is 30.2 Å². The molecule has 0 aliphatic carbocycles. The first-order valence-electron chi connectivity index (χ1n) is 43.8. The summed E-state index contributed by atoms with van der Waals surface area (Å²) in [6, 6.07) is 3.52. The quantitative estimate of drug-likeness (QED) is 0.0428. The van der Waals surface area contributed by atoms with Crippen LogP contribution in [0.25, 0.3) is 44.1 Å². The van der Waals surface area contributed by atoms with Crippen LogP contribution in [0.4, 0.5) is 43.9 Å². The number of methoxy groups -OCH3 is 2. The molecule has 0 radical (unpaired) electrons. The van der Waals surface area contributed by atoms with Crippen molar-refractivity contribution in [3.63, 3.8) is 0 Å². The van der Waals surface area contributed by atoms with E-state index < -0.39 is 255 Å². The van der Waals surface area contributed by atoms with Gasteiger partial charge < -0.3 is 38.2 Å². The van der Waals surface area contributed by atoms with Crippen LogP contribution in [-0.2, 0) is 69.0 Å². The summed E-state index contributed by atoms with van der Waals surface area (Å²) in [4.78, 5) is 62.5. The number of carbonyl (C=O) groups is 2. The first-order chi connectivity index (χ1) is 59.7. The predicted octanol–water partition coefficient (Wildman–Crippen LogP) is 17.1. The van der Waals surface area contributed by atoms with Gasteiger partial charge in [-0.15, -0.1) is 23.5 Å². The molecule has 105 heavy (non-hydrogen) atoms. The molecule has 0 atom stereocenters. The number of hydrogen-bond acceptors (Lipinski definition) is 10. The Hall–Kier alpha value is -9.04. The molecule has 0 saturated carbocycles. The molecule has 2 aliphatic rings. The Morgan fingerprint density at radius 2 is 1.05 bits per heavy atom. The minimum Gasteiger partial charge on any atom is -0.383 e. The molecule has 2 saturated heterocycles. The maximum Gasteiger partial charge on any atom is 0.416 e. The number of halogens is 10. The van der Waals surface area contributed by atoms with E-state index in [1.54, 1.807) is 41.3 Å². The second kappa shape index (κ2) is 34.9. The Labute approximate surface area is 642 Å². The average Bonchev–Trinajstić information content (AvgIpc) is 0.712. The van der Waals surface area contributed by atoms with Gasteiger partial charge in [-0.05, 0) is 127 Å². The van der Waals surface area contributed by atoms with Crippen molar-refractivity contribution >= 4 is 57.1 Å². The molecule has 12 nitrogen and oxygen atoms in total. The van der Waals surface area contributed by atoms with E-state index in [1.807, 2.05) is 0 Å². The van der Waals surface area contributed by atoms with Crippen LogP contribution in [0.15, 0.2) is 207 Å². The van der Waals surface area contributed by atoms with Crippen LogP contribution in [0.2, 0.25) is 0 Å². The third kappa shape index (κ3) is 19.5. The predicted molar refractivity (Wildman–Crippen MR) is 391 cm³/mol. The number of amides is 2. The van der Waals surface area contributed by atoms with Crippen LogP contribution in [0.1, 0.15) is 96.2 Å². The maximum absolute atomic E-state index is 15.4. The number of likely N-dealkylation sites (tertiary alicyclic amines) is 2. The van der Waals surface area contributed by atoms with Crippen molar-refractivity contribution in [2.45, 2.75) is 105 Å². The molecule has 24 heteroatoms. The van der Waals surface area contributed by atoms with Crippen LogP contribution in [-0.4, -0.2) is 119 Å². The minimum atomic E-state index is -5.39. The third-order valence-corrected chi connectivity index (χ3v) is 19.0. The van der Waals surface area contributed by atoms with Gasteiger partial charge >= 0.3 is 12.4 Å². The van der Waals surface area contributed by atoms with E-state index in [9.17, 15) is 59.4 Å². The number of pyridine rings is 2. The molecule has 0 bridgehead atoms. The van der Waals surface area contributed by atoms with Crippen molar-refractivity contribution in [1.29, 1.82) is 0 Å². The summed E-state index contributed by atoms with van der Waals surface area (Å²) in [6.07, 6.45) is -9.72. The Morgan fingerprint density at radius 1 is 0.524 bits per heavy atom. The van der Waals surface area contributed by atoms with Crippen LogP contribution in [0.5, 0.6) is 0 Å². The lowest BCUT2D eigenvalue weighted by Gasteiger charge is -2.39. The van der Waals surface area contributed by atoms with Crippen LogP contribution < -0.4 is 10.9 Å². The number of ether oxygens (including phenoxy) is 2. The standard InChI is InChI=1S/C41H40F5N3O3S.C40H38F5N3O3S/c1-27-6-15-36-34(22-27)37(50)23-39(53-26-31-4-3-5-35(42)40(31)43)49(36)25-38(51)48(33-16-18-47(19-17-33)20-21-52-2)24-28-7-9-29(10-8-28)30-11-13-32(14-12-30)41(44,45)46;1-51-22-21-46-19-17-32(18-20-46)47(24-27-9-11-28(12-10-27)29-13-15-31(16-14-29)40(43,44)45)37(50)25-48-35-8-3-2-6-33(35)36(49)23-38(48)52-26-30-5-4-7-34(41)39(30)42/h3-15,22-23,33H,16-21,24-26H2,1-2H3;2-16,23,32H,17-22,24-26H2,1H3/i3D,4D,5D,6D,7D,8D,9D,10D,11D,12D,13D,14D,15D,20D2,22D,23D,25D2;21D2,25D2. The second-order valence-corrected chi connectivity index (χ2v) is 25.8. The highest BCUT2D eigenvalue weighted by Gasteiger charge is 2.34. The summed E-state index contributed by atoms with van der Waals surface area (Å²) < 4.78 is 351. The van der Waals surface area contributed by atoms with Gasteiger partial charge in [-0.3, -0.25) is 19.2 Å². The lowest BCUT2D eigenvalue weighted by Crippen LogP contribution is -2.48. The topological polar surface area (TPSA) is 110 Å². The summed E-state index contributed by atoms with van der Waals surface area (Å²) >= 11 is 1.03. The second-order valence-electron chi connectivity index (χ2n) is 23.9. The van der Waals surface area contributed by atoms with Crippen molar-refractivity contribution in [2.75, 3.05) is 66.6 Å². The van der Waals surface area contributed by atoms with Gasteiger partial charge in [-0.1, -0.05) is 121 Å². The number of alkyl halides is 6. The summed E-state index contributed by atoms with van der Waals surface area (Å²) in [5.41, 5.74) is -7.51. The summed E-state index contributed by atoms with van der Waals surface area (Å²) in [5.74, 6) is -9.58. The number of rotatable bonds is 24. The van der Waals surface area contributed by atoms with E-state index in [2.05, 4.69) is 0 Å². The van der Waals surface area contributed by atoms with Gasteiger partial charge in [0.1, 0.15) is 13.0 Å². The van der Waals surface area contributed by atoms with E-state index in [4.69, 9.17) is 35.5 Å². The van der Waals surface area contributed by atoms with Crippen LogP contribution >= 0.6 is 23.5 Å². The molecule has 2 aliphatic heterocycles. The fourth-order valence-corrected chi connectivity index (χ4v) is 13.4. The van der Waals surface area contributed by atoms with Gasteiger partial charge in [0.15, 0.2) is 34.1 Å². The largest absolute Gasteiger partial charge is 0.416 e. The highest BCUT2D eigenvalue weighted by molar-refractivity contribution is 7.98. The van der Waals surface area contributed by atoms with Gasteiger partial charge in [0.05, 0.1) is 71.5 Å². The molecule has 0 N–H and O–H groups in total. The van der Waals surface area contributed by atoms with E-state index >= 15 is 9.18 Å². The maximum atomic E-state index is 15.4. The van der Waals surface area contributed by atoms with E-state index in [-0.39, 0.29) is 96.7 Å². The van der Waals surface area contributed by atoms with Gasteiger partial charge in [0.25, 0.3) is 0 Å². The summed E-state index contributed by atoms with van der Waals surface area (Å²) in [5, 5.41) is -1.60. The number of piperidine rings is 2. The van der Waals surface area contributed by atoms with Crippen molar-refractivity contribution < 1.29 is 94.5 Å². The molecule has 0 unspecified atom stereocenters. The number of carbonyl (C=O) groups excluding carboxylic acids is 2. The van der Waals surface area contributed by atoms with Crippen LogP contribution in [0.3, 0.4) is 0 Å². The fraction of sp³-hybridized carbons (Fsp3) is 0.309. The molecular formula is C81H78F10N6O6S2. The zero-order valence-electron chi connectivity index (χ0n) is 79.0. The number of para-hydroxylation sites is 1. The molecule has 0 spiro atoms. The molecule has 4 heterocycles. The Kier molecular flexibility index (Phi) is 17.3. The number of hydrogen-bond donors (Lipinski definition) is 0. The first-order valence-corrected chi connectivity index (χ1v) is 34.3. The molecule has 550 valence electrons. The highest BCUT2D eigenvalue weighted by Crippen LogP contribution is 2.36. The lowest BCUT2D eigenvalue weighted by molar-refractivity contribution is -0.138. The highest BCUT2D eigenvalue weighted by atomic mass is 32.2. The normalized spacial score (nSPS) is 17.9. The zero-order chi connectivity index (χ0) is 94.8. The summed E-state index contributed by atoms with van der Waals surface area (Å²) in [7, 11) is 2.64. The monoisotopic (exact) mass is 1510 g/mol. The van der Waals surface area contributed by atoms with Crippen molar-refractivity contribution in [1.82, 2.24) is 28.7 Å². The molecule has 2 fully saturated rings. The SMILES string of the molecule is [2H]C([2H])(COC)N1CCC(N(Cc2ccc(-c3ccc(C(F)(F)F)cc3)cc2)C(=O)C([2H])([2H])n2c(SCc3cccc(F)c3F)cc(=O)c3ccccc32)CC1.[2H]c1c([2H])c(F)c(F)c(CSc2c([2H])c(=O)c3c([2H])c(C)c([2H])c([2H])c3n2C([2H])([2H])C(=O)N(Cc2c([2H])c([2H])c(-c3c([2H])c([2H])c(C(F)(F)F)c([2H])c3[2H])c([2H])c2[2H])C2CCN(C([2H])([2H])COC)CC2)c1[2H]. The first kappa shape index (κ1) is 52.0. The van der Waals surface area contributed by atoms with Gasteiger partial charge in [-0.2, -0.15) is 26.3 Å². The number of aromatic nitrogens is 2. The Bertz CT molecular complexity index is 6040. The molecule has 10 aromatic rings. The summed E-state index contributed by atoms with van der Waals surface area (Å²) in [6.45, 7) is -10.9. The van der Waals surface area contributed by atoms with Crippen molar-refractivity contribution in [3.05, 3.63) is 270 Å². The van der Waals surface area contributed by atoms with Crippen molar-refractivity contribution in [3.8, 4) is 22.3 Å². The number of thioether (sulfide) groups is 2. The Morgan fingerprint density at radius 3 is 1.63 bits per heavy atom. The fourth-order valence-electron chi connectivity index (χ4n) is 11.5. The zero-order valence-corrected chi connectivity index (χ0v) is 57.7. The van der Waals surface area contributed by atoms with E-state index in [0.29, 0.717) is 39.0 Å². The van der Waals surface area contributed by atoms with Gasteiger partial charge in [-0.25, -0.2) is 17.6 Å². The molecule has 2 aromatic heterocycles. The lowest BCUT2D eigenvalue weighted by atomic mass is 10.00. The smallest absolute Gasteiger partial charge is 0.383 e. The number of benzene rings is 8. The van der Waals surface area contributed by atoms with E-state index in [0.717, 1.165) is 34.5 Å². The third-order valence-electron chi connectivity index (χ3n) is 16.9. The van der Waals surface area contributed by atoms with Gasteiger partial charge in [0, 0.05) is 130 Å². The molecule has 8 aromatic carbocycles. The minimum absolute atomic E-state index is 0.0131. The van der Waals surface area contributed by atoms with Gasteiger partial charge in [0.2, 0.25) is 11.8 Å². The number of fused-ring (bicyclic) bond motifs is 2. The molecule has 12 rings (SSSR count). The van der Waals surface area contributed by atoms with Crippen molar-refractivity contribution in [2.24, 2.45) is 0 Å².